The molecule has 0 saturated heterocycles. The summed E-state index contributed by atoms with van der Waals surface area (Å²) in [6.45, 7) is 0. The molecule has 1 unspecified atom stereocenters. The molecular weight excluding hydrogens is 607 g/mol. The molecule has 2 aliphatic heterocycles. The molecule has 7 aromatic rings. The number of fused-ring (bicyclic) bond motifs is 9. The summed E-state index contributed by atoms with van der Waals surface area (Å²) in [6.07, 6.45) is 4.05. The van der Waals surface area contributed by atoms with Crippen molar-refractivity contribution in [3.63, 3.8) is 0 Å². The smallest absolute Gasteiger partial charge is 0.0866 e. The molecular formula is C47H33N3. The Kier molecular flexibility index (Phi) is 6.47. The Labute approximate surface area is 292 Å². The van der Waals surface area contributed by atoms with Crippen molar-refractivity contribution in [2.75, 3.05) is 4.90 Å². The Morgan fingerprint density at radius 3 is 1.80 bits per heavy atom. The lowest BCUT2D eigenvalue weighted by atomic mass is 9.64. The van der Waals surface area contributed by atoms with Crippen LogP contribution in [-0.4, -0.2) is 6.21 Å². The van der Waals surface area contributed by atoms with Crippen LogP contribution >= 0.6 is 0 Å². The molecule has 1 atom stereocenters. The van der Waals surface area contributed by atoms with Gasteiger partial charge in [0.1, 0.15) is 0 Å². The SMILES string of the molecule is C1=NC(c2ccccc2)=CNC1c1cccc(-c2ccc3c(c2)C2(c4ccccc4-3)c3ccccc3N(c3ccccc3)c3ccccc32)c1. The molecule has 3 heteroatoms. The van der Waals surface area contributed by atoms with Crippen LogP contribution in [0.5, 0.6) is 0 Å². The lowest BCUT2D eigenvalue weighted by Gasteiger charge is -2.45. The van der Waals surface area contributed by atoms with E-state index in [9.17, 15) is 0 Å². The molecule has 0 saturated carbocycles. The minimum atomic E-state index is -0.478. The summed E-state index contributed by atoms with van der Waals surface area (Å²) >= 11 is 0. The third kappa shape index (κ3) is 4.20. The lowest BCUT2D eigenvalue weighted by molar-refractivity contribution is 0.753. The first-order chi connectivity index (χ1) is 24.8. The molecule has 1 spiro atoms. The summed E-state index contributed by atoms with van der Waals surface area (Å²) < 4.78 is 0. The Bertz CT molecular complexity index is 2430. The van der Waals surface area contributed by atoms with Gasteiger partial charge in [-0.05, 0) is 86.5 Å². The van der Waals surface area contributed by atoms with E-state index < -0.39 is 5.41 Å². The van der Waals surface area contributed by atoms with Crippen molar-refractivity contribution in [1.29, 1.82) is 0 Å². The van der Waals surface area contributed by atoms with Gasteiger partial charge in [-0.25, -0.2) is 0 Å². The van der Waals surface area contributed by atoms with Gasteiger partial charge in [-0.3, -0.25) is 4.99 Å². The van der Waals surface area contributed by atoms with Crippen molar-refractivity contribution in [2.45, 2.75) is 11.5 Å². The second-order valence-electron chi connectivity index (χ2n) is 13.2. The van der Waals surface area contributed by atoms with E-state index in [1.165, 1.54) is 61.4 Å². The van der Waals surface area contributed by atoms with Crippen LogP contribution in [-0.2, 0) is 5.41 Å². The van der Waals surface area contributed by atoms with E-state index in [1.54, 1.807) is 0 Å². The van der Waals surface area contributed by atoms with Crippen LogP contribution in [0.25, 0.3) is 28.0 Å². The molecule has 10 rings (SSSR count). The summed E-state index contributed by atoms with van der Waals surface area (Å²) in [5.74, 6) is 0. The molecule has 1 aliphatic carbocycles. The van der Waals surface area contributed by atoms with Crippen molar-refractivity contribution in [2.24, 2.45) is 4.99 Å². The second-order valence-corrected chi connectivity index (χ2v) is 13.2. The molecule has 3 aliphatic rings. The maximum absolute atomic E-state index is 4.83. The number of nitrogens with one attached hydrogen (secondary N) is 1. The Hall–Kier alpha value is -6.45. The summed E-state index contributed by atoms with van der Waals surface area (Å²) in [7, 11) is 0. The normalized spacial score (nSPS) is 16.1. The van der Waals surface area contributed by atoms with Crippen molar-refractivity contribution in [3.05, 3.63) is 216 Å². The maximum Gasteiger partial charge on any atom is 0.0866 e. The van der Waals surface area contributed by atoms with Crippen molar-refractivity contribution < 1.29 is 0 Å². The quantitative estimate of drug-likeness (QED) is 0.207. The third-order valence-corrected chi connectivity index (χ3v) is 10.6. The summed E-state index contributed by atoms with van der Waals surface area (Å²) in [6, 6.07) is 64.0. The largest absolute Gasteiger partial charge is 0.377 e. The van der Waals surface area contributed by atoms with Crippen LogP contribution in [0.4, 0.5) is 17.1 Å². The monoisotopic (exact) mass is 639 g/mol. The first kappa shape index (κ1) is 28.6. The summed E-state index contributed by atoms with van der Waals surface area (Å²) in [5, 5.41) is 3.59. The van der Waals surface area contributed by atoms with Gasteiger partial charge in [-0.1, -0.05) is 140 Å². The Morgan fingerprint density at radius 2 is 1.08 bits per heavy atom. The highest BCUT2D eigenvalue weighted by Crippen LogP contribution is 2.63. The van der Waals surface area contributed by atoms with Gasteiger partial charge in [-0.15, -0.1) is 0 Å². The fraction of sp³-hybridized carbons (Fsp3) is 0.0426. The van der Waals surface area contributed by atoms with Crippen LogP contribution < -0.4 is 10.2 Å². The van der Waals surface area contributed by atoms with Gasteiger partial charge in [0.25, 0.3) is 0 Å². The average Bonchev–Trinajstić information content (AvgIpc) is 3.49. The van der Waals surface area contributed by atoms with Crippen LogP contribution in [0.15, 0.2) is 187 Å². The maximum atomic E-state index is 4.83. The molecule has 0 fully saturated rings. The lowest BCUT2D eigenvalue weighted by Crippen LogP contribution is -2.36. The van der Waals surface area contributed by atoms with Crippen molar-refractivity contribution in [1.82, 2.24) is 5.32 Å². The molecule has 0 radical (unpaired) electrons. The fourth-order valence-electron chi connectivity index (χ4n) is 8.41. The van der Waals surface area contributed by atoms with E-state index in [0.717, 1.165) is 16.9 Å². The zero-order chi connectivity index (χ0) is 33.1. The average molecular weight is 640 g/mol. The van der Waals surface area contributed by atoms with E-state index >= 15 is 0 Å². The Morgan fingerprint density at radius 1 is 0.480 bits per heavy atom. The highest BCUT2D eigenvalue weighted by Gasteiger charge is 2.51. The second kappa shape index (κ2) is 11.3. The van der Waals surface area contributed by atoms with Gasteiger partial charge in [0.2, 0.25) is 0 Å². The van der Waals surface area contributed by atoms with Gasteiger partial charge in [0.05, 0.1) is 28.5 Å². The van der Waals surface area contributed by atoms with E-state index in [0.29, 0.717) is 0 Å². The minimum Gasteiger partial charge on any atom is -0.377 e. The number of aliphatic imine (C=N–C) groups is 1. The van der Waals surface area contributed by atoms with Gasteiger partial charge in [0, 0.05) is 23.7 Å². The molecule has 50 heavy (non-hydrogen) atoms. The standard InChI is InChI=1S/C47H33N3/c1-3-14-32(15-4-1)43-30-49-44(31-48-43)35-17-13-16-33(28-35)34-26-27-38-37-20-7-8-21-39(37)47(42(38)29-34)40-22-9-11-24-45(40)50(36-18-5-2-6-19-36)46-25-12-10-23-41(46)47/h1-31,44,49H. The van der Waals surface area contributed by atoms with E-state index in [2.05, 4.69) is 168 Å². The van der Waals surface area contributed by atoms with Crippen LogP contribution in [0.2, 0.25) is 0 Å². The van der Waals surface area contributed by atoms with Crippen LogP contribution in [0.3, 0.4) is 0 Å². The number of hydrogen-bond donors (Lipinski definition) is 1. The summed E-state index contributed by atoms with van der Waals surface area (Å²) in [5.41, 5.74) is 16.5. The van der Waals surface area contributed by atoms with Gasteiger partial charge < -0.3 is 10.2 Å². The highest BCUT2D eigenvalue weighted by atomic mass is 15.2. The third-order valence-electron chi connectivity index (χ3n) is 10.6. The van der Waals surface area contributed by atoms with Crippen LogP contribution in [0, 0.1) is 0 Å². The number of anilines is 3. The molecule has 0 amide bonds. The van der Waals surface area contributed by atoms with Gasteiger partial charge >= 0.3 is 0 Å². The molecule has 0 aromatic heterocycles. The molecule has 2 heterocycles. The minimum absolute atomic E-state index is 0.00601. The zero-order valence-corrected chi connectivity index (χ0v) is 27.4. The number of hydrogen-bond acceptors (Lipinski definition) is 3. The van der Waals surface area contributed by atoms with Crippen LogP contribution in [0.1, 0.15) is 39.4 Å². The van der Waals surface area contributed by atoms with E-state index in [1.807, 2.05) is 30.6 Å². The van der Waals surface area contributed by atoms with Crippen molar-refractivity contribution in [3.8, 4) is 22.3 Å². The van der Waals surface area contributed by atoms with Gasteiger partial charge in [-0.2, -0.15) is 0 Å². The number of para-hydroxylation sites is 3. The first-order valence-electron chi connectivity index (χ1n) is 17.3. The Balaban J connectivity index is 1.13. The first-order valence-corrected chi connectivity index (χ1v) is 17.3. The fourth-order valence-corrected chi connectivity index (χ4v) is 8.41. The predicted molar refractivity (Wildman–Crippen MR) is 206 cm³/mol. The molecule has 0 bridgehead atoms. The topological polar surface area (TPSA) is 27.6 Å². The number of rotatable bonds is 4. The van der Waals surface area contributed by atoms with Gasteiger partial charge in [0.15, 0.2) is 0 Å². The van der Waals surface area contributed by atoms with E-state index in [-0.39, 0.29) is 6.04 Å². The van der Waals surface area contributed by atoms with Crippen molar-refractivity contribution >= 4 is 29.0 Å². The number of benzene rings is 7. The highest BCUT2D eigenvalue weighted by molar-refractivity contribution is 5.96. The van der Waals surface area contributed by atoms with E-state index in [4.69, 9.17) is 4.99 Å². The summed E-state index contributed by atoms with van der Waals surface area (Å²) in [4.78, 5) is 7.26. The molecule has 236 valence electrons. The number of nitrogens with zero attached hydrogens (tertiary/aromatic N) is 2. The molecule has 3 nitrogen and oxygen atoms in total. The molecule has 7 aromatic carbocycles. The molecule has 1 N–H and O–H groups in total. The predicted octanol–water partition coefficient (Wildman–Crippen LogP) is 11.2. The zero-order valence-electron chi connectivity index (χ0n) is 27.4.